The first-order valence-electron chi connectivity index (χ1n) is 23.2. The molecule has 0 amide bonds. The fourth-order valence-electron chi connectivity index (χ4n) is 11.7. The van der Waals surface area contributed by atoms with E-state index in [2.05, 4.69) is 204 Å². The van der Waals surface area contributed by atoms with Gasteiger partial charge in [0.05, 0.1) is 5.70 Å². The highest BCUT2D eigenvalue weighted by molar-refractivity contribution is 6.13. The summed E-state index contributed by atoms with van der Waals surface area (Å²) >= 11 is 0. The second-order valence-electron chi connectivity index (χ2n) is 19.1. The molecule has 66 heavy (non-hydrogen) atoms. The van der Waals surface area contributed by atoms with Crippen LogP contribution in [-0.2, 0) is 17.3 Å². The number of aliphatic imine (C=N–C) groups is 1. The van der Waals surface area contributed by atoms with Crippen molar-refractivity contribution in [3.05, 3.63) is 245 Å². The summed E-state index contributed by atoms with van der Waals surface area (Å²) in [7, 11) is 0. The van der Waals surface area contributed by atoms with Gasteiger partial charge in [-0.1, -0.05) is 234 Å². The average Bonchev–Trinajstić information content (AvgIpc) is 3.75. The maximum Gasteiger partial charge on any atom is 0.131 e. The molecule has 10 aromatic carbocycles. The van der Waals surface area contributed by atoms with E-state index in [0.29, 0.717) is 12.3 Å². The Balaban J connectivity index is 1.00. The number of nitrogens with zero attached hydrogens (tertiary/aromatic N) is 1. The summed E-state index contributed by atoms with van der Waals surface area (Å²) in [5.74, 6) is 0.494. The number of allylic oxidation sites excluding steroid dienone is 1. The first-order chi connectivity index (χ1) is 32.2. The Kier molecular flexibility index (Phi) is 9.12. The van der Waals surface area contributed by atoms with Crippen molar-refractivity contribution in [2.45, 2.75) is 44.9 Å². The Bertz CT molecular complexity index is 3680. The lowest BCUT2D eigenvalue weighted by Gasteiger charge is -2.26. The van der Waals surface area contributed by atoms with Gasteiger partial charge in [0.15, 0.2) is 0 Å². The van der Waals surface area contributed by atoms with Crippen LogP contribution in [0.15, 0.2) is 211 Å². The maximum absolute atomic E-state index is 6.89. The van der Waals surface area contributed by atoms with Gasteiger partial charge in [0.1, 0.15) is 5.84 Å². The summed E-state index contributed by atoms with van der Waals surface area (Å²) < 4.78 is 0. The second kappa shape index (κ2) is 15.1. The van der Waals surface area contributed by atoms with E-state index in [9.17, 15) is 0 Å². The first kappa shape index (κ1) is 39.8. The fraction of sp³-hybridized carbons (Fsp3) is 0.109. The van der Waals surface area contributed by atoms with E-state index < -0.39 is 0 Å². The molecule has 0 fully saturated rings. The minimum Gasteiger partial charge on any atom is -0.383 e. The molecule has 0 bridgehead atoms. The molecule has 0 atom stereocenters. The SMILES string of the molecule is CC1(C)c2ccccc2-c2c(C/C=C(\N=C(N)c3ccccc3)c3ccc(-c4ccc(-c5cccc6c5C(C)(C)c5c-6ccc6ccccc56)c5ccccc45)c4ccccc34)cccc21. The van der Waals surface area contributed by atoms with Gasteiger partial charge >= 0.3 is 0 Å². The first-order valence-corrected chi connectivity index (χ1v) is 23.2. The van der Waals surface area contributed by atoms with E-state index >= 15 is 0 Å². The lowest BCUT2D eigenvalue weighted by molar-refractivity contribution is 0.660. The van der Waals surface area contributed by atoms with Crippen molar-refractivity contribution in [1.82, 2.24) is 0 Å². The number of benzene rings is 10. The number of amidine groups is 1. The van der Waals surface area contributed by atoms with E-state index in [1.165, 1.54) is 99.3 Å². The van der Waals surface area contributed by atoms with Gasteiger partial charge in [-0.25, -0.2) is 4.99 Å². The number of hydrogen-bond donors (Lipinski definition) is 1. The van der Waals surface area contributed by atoms with Gasteiger partial charge in [-0.2, -0.15) is 0 Å². The third-order valence-electron chi connectivity index (χ3n) is 14.8. The summed E-state index contributed by atoms with van der Waals surface area (Å²) in [5, 5.41) is 7.41. The van der Waals surface area contributed by atoms with Crippen molar-refractivity contribution < 1.29 is 0 Å². The molecule has 0 aromatic heterocycles. The van der Waals surface area contributed by atoms with Gasteiger partial charge in [0.25, 0.3) is 0 Å². The van der Waals surface area contributed by atoms with Crippen LogP contribution in [-0.4, -0.2) is 5.84 Å². The van der Waals surface area contributed by atoms with Crippen molar-refractivity contribution >= 4 is 43.9 Å². The molecular weight excluding hydrogens is 797 g/mol. The van der Waals surface area contributed by atoms with Gasteiger partial charge in [-0.15, -0.1) is 0 Å². The predicted octanol–water partition coefficient (Wildman–Crippen LogP) is 16.1. The molecule has 0 aliphatic heterocycles. The Morgan fingerprint density at radius 1 is 0.424 bits per heavy atom. The molecule has 2 N–H and O–H groups in total. The molecule has 2 aliphatic carbocycles. The average molecular weight is 847 g/mol. The molecule has 0 heterocycles. The Labute approximate surface area is 387 Å². The molecule has 12 rings (SSSR count). The molecule has 2 heteroatoms. The van der Waals surface area contributed by atoms with Crippen LogP contribution in [0.1, 0.15) is 66.6 Å². The molecule has 2 aliphatic rings. The summed E-state index contributed by atoms with van der Waals surface area (Å²) in [6, 6.07) is 73.1. The van der Waals surface area contributed by atoms with Gasteiger partial charge in [-0.05, 0) is 111 Å². The molecule has 0 saturated carbocycles. The summed E-state index contributed by atoms with van der Waals surface area (Å²) in [4.78, 5) is 5.27. The van der Waals surface area contributed by atoms with Crippen LogP contribution >= 0.6 is 0 Å². The molecule has 2 nitrogen and oxygen atoms in total. The van der Waals surface area contributed by atoms with E-state index in [0.717, 1.165) is 22.2 Å². The Morgan fingerprint density at radius 2 is 0.939 bits per heavy atom. The fourth-order valence-corrected chi connectivity index (χ4v) is 11.7. The van der Waals surface area contributed by atoms with Crippen LogP contribution in [0, 0.1) is 0 Å². The third kappa shape index (κ3) is 6.05. The number of rotatable bonds is 7. The van der Waals surface area contributed by atoms with Crippen molar-refractivity contribution in [2.75, 3.05) is 0 Å². The molecule has 0 unspecified atom stereocenters. The maximum atomic E-state index is 6.89. The van der Waals surface area contributed by atoms with Gasteiger partial charge in [0, 0.05) is 22.0 Å². The molecule has 316 valence electrons. The highest BCUT2D eigenvalue weighted by Crippen LogP contribution is 2.55. The van der Waals surface area contributed by atoms with Crippen molar-refractivity contribution in [2.24, 2.45) is 10.7 Å². The van der Waals surface area contributed by atoms with Crippen LogP contribution in [0.25, 0.3) is 82.5 Å². The Hall–Kier alpha value is -7.81. The zero-order valence-electron chi connectivity index (χ0n) is 37.9. The monoisotopic (exact) mass is 846 g/mol. The zero-order valence-corrected chi connectivity index (χ0v) is 37.9. The van der Waals surface area contributed by atoms with Crippen LogP contribution in [0.5, 0.6) is 0 Å². The largest absolute Gasteiger partial charge is 0.383 e. The van der Waals surface area contributed by atoms with E-state index in [1.54, 1.807) is 0 Å². The van der Waals surface area contributed by atoms with Crippen LogP contribution in [0.3, 0.4) is 0 Å². The minimum atomic E-state index is -0.187. The topological polar surface area (TPSA) is 38.4 Å². The number of nitrogens with two attached hydrogens (primary N) is 1. The molecule has 0 spiro atoms. The van der Waals surface area contributed by atoms with E-state index in [-0.39, 0.29) is 10.8 Å². The normalized spacial score (nSPS) is 14.6. The van der Waals surface area contributed by atoms with Crippen LogP contribution < -0.4 is 5.73 Å². The van der Waals surface area contributed by atoms with Gasteiger partial charge in [0.2, 0.25) is 0 Å². The lowest BCUT2D eigenvalue weighted by atomic mass is 9.76. The quantitative estimate of drug-likeness (QED) is 0.126. The standard InChI is InChI=1S/C64H50N2/c1-63(2)56-30-15-14-27-55(56)59-41(21-16-31-57(59)63)33-39-58(66-62(65)42-19-6-5-7-20-42)51-38-37-49(46-25-12-13-26-47(46)51)48-35-36-50(45-24-11-10-23-44(45)48)52-28-17-29-53-54-34-32-40-18-8-9-22-43(40)60(54)64(3,4)61(52)53/h5-32,34-39H,33H2,1-4H3,(H2,65,66)/b58-39-. The lowest BCUT2D eigenvalue weighted by Crippen LogP contribution is -2.17. The summed E-state index contributed by atoms with van der Waals surface area (Å²) in [5.41, 5.74) is 26.6. The smallest absolute Gasteiger partial charge is 0.131 e. The van der Waals surface area contributed by atoms with Crippen LogP contribution in [0.4, 0.5) is 0 Å². The molecule has 0 saturated heterocycles. The molecule has 10 aromatic rings. The predicted molar refractivity (Wildman–Crippen MR) is 280 cm³/mol. The highest BCUT2D eigenvalue weighted by atomic mass is 14.9. The molecule has 0 radical (unpaired) electrons. The van der Waals surface area contributed by atoms with Crippen molar-refractivity contribution in [3.8, 4) is 44.5 Å². The molecular formula is C64H50N2. The summed E-state index contributed by atoms with van der Waals surface area (Å²) in [6.45, 7) is 9.49. The van der Waals surface area contributed by atoms with Crippen molar-refractivity contribution in [1.29, 1.82) is 0 Å². The van der Waals surface area contributed by atoms with Gasteiger partial charge in [-0.3, -0.25) is 0 Å². The zero-order chi connectivity index (χ0) is 44.7. The van der Waals surface area contributed by atoms with Crippen molar-refractivity contribution in [3.63, 3.8) is 0 Å². The third-order valence-corrected chi connectivity index (χ3v) is 14.8. The minimum absolute atomic E-state index is 0.0717. The highest BCUT2D eigenvalue weighted by Gasteiger charge is 2.39. The van der Waals surface area contributed by atoms with E-state index in [4.69, 9.17) is 10.7 Å². The second-order valence-corrected chi connectivity index (χ2v) is 19.1. The summed E-state index contributed by atoms with van der Waals surface area (Å²) in [6.07, 6.45) is 2.99. The van der Waals surface area contributed by atoms with Gasteiger partial charge < -0.3 is 5.73 Å². The Morgan fingerprint density at radius 3 is 1.68 bits per heavy atom. The van der Waals surface area contributed by atoms with Crippen LogP contribution in [0.2, 0.25) is 0 Å². The van der Waals surface area contributed by atoms with E-state index in [1.807, 2.05) is 30.3 Å². The number of hydrogen-bond acceptors (Lipinski definition) is 1. The number of fused-ring (bicyclic) bond motifs is 10.